The lowest BCUT2D eigenvalue weighted by atomic mass is 9.98. The maximum atomic E-state index is 11.5. The molecule has 23 heavy (non-hydrogen) atoms. The van der Waals surface area contributed by atoms with Gasteiger partial charge in [0, 0.05) is 18.6 Å². The van der Waals surface area contributed by atoms with Crippen molar-refractivity contribution >= 4 is 20.8 Å². The molecule has 0 bridgehead atoms. The maximum absolute atomic E-state index is 11.5. The molecule has 2 aromatic carbocycles. The summed E-state index contributed by atoms with van der Waals surface area (Å²) >= 11 is 0. The summed E-state index contributed by atoms with van der Waals surface area (Å²) in [7, 11) is -3.14. The Balaban J connectivity index is 1.76. The molecule has 0 saturated carbocycles. The monoisotopic (exact) mass is 332 g/mol. The molecule has 5 heteroatoms. The van der Waals surface area contributed by atoms with E-state index >= 15 is 0 Å². The zero-order chi connectivity index (χ0) is 16.4. The normalized spacial score (nSPS) is 21.4. The molecule has 1 aliphatic rings. The summed E-state index contributed by atoms with van der Waals surface area (Å²) in [5.41, 5.74) is 1.28. The molecule has 2 aromatic rings. The molecule has 0 radical (unpaired) electrons. The fraction of sp³-hybridized carbons (Fsp3) is 0.444. The second-order valence-electron chi connectivity index (χ2n) is 6.51. The van der Waals surface area contributed by atoms with Gasteiger partial charge in [-0.25, -0.2) is 13.1 Å². The highest BCUT2D eigenvalue weighted by atomic mass is 32.2. The van der Waals surface area contributed by atoms with Gasteiger partial charge < -0.3 is 0 Å². The third-order valence-electron chi connectivity index (χ3n) is 4.64. The minimum Gasteiger partial charge on any atom is -0.295 e. The van der Waals surface area contributed by atoms with Crippen LogP contribution in [0.3, 0.4) is 0 Å². The highest BCUT2D eigenvalue weighted by molar-refractivity contribution is 7.88. The van der Waals surface area contributed by atoms with Crippen LogP contribution in [0.2, 0.25) is 0 Å². The van der Waals surface area contributed by atoms with Crippen molar-refractivity contribution in [2.75, 3.05) is 19.3 Å². The van der Waals surface area contributed by atoms with Crippen LogP contribution in [0.1, 0.15) is 31.4 Å². The molecule has 1 saturated heterocycles. The molecule has 3 rings (SSSR count). The minimum absolute atomic E-state index is 0.0154. The van der Waals surface area contributed by atoms with Crippen molar-refractivity contribution in [2.45, 2.75) is 31.8 Å². The van der Waals surface area contributed by atoms with Gasteiger partial charge in [-0.1, -0.05) is 36.4 Å². The molecule has 4 nitrogen and oxygen atoms in total. The van der Waals surface area contributed by atoms with Crippen LogP contribution in [0.25, 0.3) is 10.8 Å². The number of rotatable bonds is 4. The van der Waals surface area contributed by atoms with E-state index in [0.29, 0.717) is 0 Å². The molecule has 124 valence electrons. The van der Waals surface area contributed by atoms with Gasteiger partial charge in [0.05, 0.1) is 6.26 Å². The summed E-state index contributed by atoms with van der Waals surface area (Å²) in [6.07, 6.45) is 3.16. The fourth-order valence-corrected chi connectivity index (χ4v) is 4.23. The average Bonchev–Trinajstić information content (AvgIpc) is 2.52. The summed E-state index contributed by atoms with van der Waals surface area (Å²) in [6, 6.07) is 15.3. The van der Waals surface area contributed by atoms with Crippen molar-refractivity contribution < 1.29 is 8.42 Å². The SMILES string of the molecule is CC(c1ccc2ccccc2c1)N1CCCC(NS(C)(=O)=O)C1. The first-order valence-corrected chi connectivity index (χ1v) is 10.0. The Morgan fingerprint density at radius 1 is 1.17 bits per heavy atom. The Morgan fingerprint density at radius 2 is 1.91 bits per heavy atom. The third kappa shape index (κ3) is 4.10. The molecule has 0 amide bonds. The number of likely N-dealkylation sites (tertiary alicyclic amines) is 1. The van der Waals surface area contributed by atoms with Crippen LogP contribution in [0, 0.1) is 0 Å². The number of hydrogen-bond acceptors (Lipinski definition) is 3. The predicted molar refractivity (Wildman–Crippen MR) is 94.9 cm³/mol. The molecule has 0 aromatic heterocycles. The predicted octanol–water partition coefficient (Wildman–Crippen LogP) is 2.91. The molecule has 2 unspecified atom stereocenters. The summed E-state index contributed by atoms with van der Waals surface area (Å²) < 4.78 is 25.7. The first-order chi connectivity index (χ1) is 10.9. The van der Waals surface area contributed by atoms with Crippen LogP contribution in [0.5, 0.6) is 0 Å². The van der Waals surface area contributed by atoms with E-state index in [1.54, 1.807) is 0 Å². The highest BCUT2D eigenvalue weighted by Crippen LogP contribution is 2.27. The van der Waals surface area contributed by atoms with E-state index in [1.807, 2.05) is 0 Å². The number of nitrogens with one attached hydrogen (secondary N) is 1. The van der Waals surface area contributed by atoms with Gasteiger partial charge in [-0.05, 0) is 48.7 Å². The zero-order valence-electron chi connectivity index (χ0n) is 13.7. The van der Waals surface area contributed by atoms with Gasteiger partial charge in [0.1, 0.15) is 0 Å². The van der Waals surface area contributed by atoms with Crippen molar-refractivity contribution in [3.05, 3.63) is 48.0 Å². The van der Waals surface area contributed by atoms with Crippen molar-refractivity contribution in [3.63, 3.8) is 0 Å². The van der Waals surface area contributed by atoms with E-state index in [4.69, 9.17) is 0 Å². The number of hydrogen-bond donors (Lipinski definition) is 1. The van der Waals surface area contributed by atoms with Gasteiger partial charge in [0.2, 0.25) is 10.0 Å². The molecule has 1 aliphatic heterocycles. The fourth-order valence-electron chi connectivity index (χ4n) is 3.44. The molecule has 1 fully saturated rings. The number of fused-ring (bicyclic) bond motifs is 1. The van der Waals surface area contributed by atoms with Crippen molar-refractivity contribution in [1.82, 2.24) is 9.62 Å². The molecule has 1 heterocycles. The lowest BCUT2D eigenvalue weighted by Gasteiger charge is -2.37. The Labute approximate surface area is 138 Å². The van der Waals surface area contributed by atoms with Crippen LogP contribution in [-0.4, -0.2) is 38.7 Å². The second-order valence-corrected chi connectivity index (χ2v) is 8.29. The van der Waals surface area contributed by atoms with E-state index in [1.165, 1.54) is 22.6 Å². The second kappa shape index (κ2) is 6.59. The number of sulfonamides is 1. The van der Waals surface area contributed by atoms with Gasteiger partial charge in [-0.15, -0.1) is 0 Å². The van der Waals surface area contributed by atoms with Crippen LogP contribution >= 0.6 is 0 Å². The molecule has 1 N–H and O–H groups in total. The Hall–Kier alpha value is -1.43. The number of benzene rings is 2. The Morgan fingerprint density at radius 3 is 2.65 bits per heavy atom. The quantitative estimate of drug-likeness (QED) is 0.936. The molecule has 0 aliphatic carbocycles. The first-order valence-electron chi connectivity index (χ1n) is 8.12. The lowest BCUT2D eigenvalue weighted by molar-refractivity contribution is 0.154. The van der Waals surface area contributed by atoms with Crippen molar-refractivity contribution in [1.29, 1.82) is 0 Å². The first kappa shape index (κ1) is 16.4. The maximum Gasteiger partial charge on any atom is 0.208 e. The van der Waals surface area contributed by atoms with Gasteiger partial charge in [-0.2, -0.15) is 0 Å². The van der Waals surface area contributed by atoms with E-state index in [9.17, 15) is 8.42 Å². The van der Waals surface area contributed by atoms with Crippen molar-refractivity contribution in [2.24, 2.45) is 0 Å². The lowest BCUT2D eigenvalue weighted by Crippen LogP contribution is -2.47. The summed E-state index contributed by atoms with van der Waals surface area (Å²) in [4.78, 5) is 2.37. The van der Waals surface area contributed by atoms with Gasteiger partial charge in [-0.3, -0.25) is 4.90 Å². The highest BCUT2D eigenvalue weighted by Gasteiger charge is 2.26. The minimum atomic E-state index is -3.14. The molecular formula is C18H24N2O2S. The smallest absolute Gasteiger partial charge is 0.208 e. The largest absolute Gasteiger partial charge is 0.295 e. The zero-order valence-corrected chi connectivity index (χ0v) is 14.5. The van der Waals surface area contributed by atoms with Crippen LogP contribution in [-0.2, 0) is 10.0 Å². The topological polar surface area (TPSA) is 49.4 Å². The summed E-state index contributed by atoms with van der Waals surface area (Å²) in [6.45, 7) is 3.98. The van der Waals surface area contributed by atoms with Crippen LogP contribution in [0.4, 0.5) is 0 Å². The Bertz CT molecular complexity index is 788. The summed E-state index contributed by atoms with van der Waals surface area (Å²) in [5, 5.41) is 2.50. The number of nitrogens with zero attached hydrogens (tertiary/aromatic N) is 1. The molecule has 0 spiro atoms. The van der Waals surface area contributed by atoms with Gasteiger partial charge in [0.25, 0.3) is 0 Å². The van der Waals surface area contributed by atoms with Gasteiger partial charge in [0.15, 0.2) is 0 Å². The molecule has 2 atom stereocenters. The van der Waals surface area contributed by atoms with Crippen LogP contribution in [0.15, 0.2) is 42.5 Å². The van der Waals surface area contributed by atoms with E-state index in [0.717, 1.165) is 25.9 Å². The molecular weight excluding hydrogens is 308 g/mol. The third-order valence-corrected chi connectivity index (χ3v) is 5.40. The Kier molecular flexibility index (Phi) is 4.71. The standard InChI is InChI=1S/C18H24N2O2S/c1-14(16-10-9-15-6-3-4-7-17(15)12-16)20-11-5-8-18(13-20)19-23(2,21)22/h3-4,6-7,9-10,12,14,18-19H,5,8,11,13H2,1-2H3. The van der Waals surface area contributed by atoms with E-state index < -0.39 is 10.0 Å². The van der Waals surface area contributed by atoms with Crippen molar-refractivity contribution in [3.8, 4) is 0 Å². The van der Waals surface area contributed by atoms with E-state index in [-0.39, 0.29) is 12.1 Å². The number of piperidine rings is 1. The van der Waals surface area contributed by atoms with Gasteiger partial charge >= 0.3 is 0 Å². The van der Waals surface area contributed by atoms with E-state index in [2.05, 4.69) is 59.0 Å². The summed E-state index contributed by atoms with van der Waals surface area (Å²) in [5.74, 6) is 0. The average molecular weight is 332 g/mol. The van der Waals surface area contributed by atoms with Crippen LogP contribution < -0.4 is 4.72 Å².